The molecule has 0 N–H and O–H groups in total. The van der Waals surface area contributed by atoms with Crippen molar-refractivity contribution in [1.29, 1.82) is 0 Å². The van der Waals surface area contributed by atoms with Crippen LogP contribution in [0.25, 0.3) is 0 Å². The Morgan fingerprint density at radius 2 is 1.03 bits per heavy atom. The fourth-order valence-electron chi connectivity index (χ4n) is 3.59. The lowest BCUT2D eigenvalue weighted by atomic mass is 10.0. The van der Waals surface area contributed by atoms with Crippen molar-refractivity contribution in [3.63, 3.8) is 0 Å². The van der Waals surface area contributed by atoms with Gasteiger partial charge < -0.3 is 4.90 Å². The number of alkyl halides is 3. The molecule has 1 aliphatic rings. The topological polar surface area (TPSA) is 3.24 Å². The summed E-state index contributed by atoms with van der Waals surface area (Å²) in [6.45, 7) is 0. The highest BCUT2D eigenvalue weighted by atomic mass is 19.4. The summed E-state index contributed by atoms with van der Waals surface area (Å²) in [5, 5.41) is 0. The van der Waals surface area contributed by atoms with Crippen LogP contribution < -0.4 is 4.90 Å². The zero-order chi connectivity index (χ0) is 20.9. The average molecular weight is 411 g/mol. The van der Waals surface area contributed by atoms with E-state index in [9.17, 15) is 30.7 Å². The van der Waals surface area contributed by atoms with Crippen molar-refractivity contribution in [1.82, 2.24) is 0 Å². The predicted octanol–water partition coefficient (Wildman–Crippen LogP) is 6.83. The number of benzene rings is 3. The molecule has 1 heterocycles. The third-order valence-corrected chi connectivity index (χ3v) is 4.88. The second-order valence-electron chi connectivity index (χ2n) is 6.57. The Morgan fingerprint density at radius 1 is 0.621 bits per heavy atom. The largest absolute Gasteiger partial charge is 0.422 e. The molecule has 0 spiro atoms. The van der Waals surface area contributed by atoms with Crippen LogP contribution in [0.1, 0.15) is 16.7 Å². The van der Waals surface area contributed by atoms with E-state index in [-0.39, 0.29) is 11.4 Å². The number of halogens is 7. The van der Waals surface area contributed by atoms with Gasteiger partial charge in [0.15, 0.2) is 23.3 Å². The number of para-hydroxylation sites is 2. The van der Waals surface area contributed by atoms with E-state index in [1.165, 1.54) is 12.1 Å². The minimum atomic E-state index is -5.59. The van der Waals surface area contributed by atoms with Crippen molar-refractivity contribution in [2.45, 2.75) is 19.0 Å². The Labute approximate surface area is 161 Å². The number of nitrogens with zero attached hydrogens (tertiary/aromatic N) is 1. The first-order chi connectivity index (χ1) is 13.7. The predicted molar refractivity (Wildman–Crippen MR) is 93.4 cm³/mol. The molecule has 0 amide bonds. The van der Waals surface area contributed by atoms with Crippen LogP contribution in [0.5, 0.6) is 0 Å². The molecule has 0 radical (unpaired) electrons. The molecule has 0 bridgehead atoms. The smallest absolute Gasteiger partial charge is 0.305 e. The number of hydrogen-bond donors (Lipinski definition) is 0. The average Bonchev–Trinajstić information content (AvgIpc) is 2.84. The van der Waals surface area contributed by atoms with E-state index in [4.69, 9.17) is 0 Å². The van der Waals surface area contributed by atoms with Crippen molar-refractivity contribution >= 4 is 17.1 Å². The van der Waals surface area contributed by atoms with Gasteiger partial charge in [-0.1, -0.05) is 36.4 Å². The summed E-state index contributed by atoms with van der Waals surface area (Å²) >= 11 is 0. The highest BCUT2D eigenvalue weighted by Gasteiger charge is 2.43. The Hall–Kier alpha value is -3.03. The molecular weight excluding hydrogens is 399 g/mol. The molecule has 0 saturated carbocycles. The third-order valence-electron chi connectivity index (χ3n) is 4.88. The summed E-state index contributed by atoms with van der Waals surface area (Å²) < 4.78 is 97.1. The summed E-state index contributed by atoms with van der Waals surface area (Å²) in [6.07, 6.45) is -4.65. The SMILES string of the molecule is Fc1c(F)c(C(F)(F)F)c(F)c(F)c1N1c2ccccc2CCc2ccccc21. The van der Waals surface area contributed by atoms with Gasteiger partial charge in [-0.2, -0.15) is 13.2 Å². The molecular formula is C21H12F7N. The van der Waals surface area contributed by atoms with Gasteiger partial charge in [0.25, 0.3) is 0 Å². The zero-order valence-electron chi connectivity index (χ0n) is 14.6. The van der Waals surface area contributed by atoms with Gasteiger partial charge in [0, 0.05) is 11.4 Å². The maximum atomic E-state index is 14.8. The first-order valence-electron chi connectivity index (χ1n) is 8.61. The van der Waals surface area contributed by atoms with E-state index in [0.717, 1.165) is 4.90 Å². The molecule has 8 heteroatoms. The van der Waals surface area contributed by atoms with Gasteiger partial charge in [0.2, 0.25) is 0 Å². The molecule has 3 aromatic carbocycles. The van der Waals surface area contributed by atoms with Gasteiger partial charge in [-0.25, -0.2) is 17.6 Å². The van der Waals surface area contributed by atoms with E-state index in [2.05, 4.69) is 0 Å². The Kier molecular flexibility index (Phi) is 4.52. The molecule has 0 saturated heterocycles. The Morgan fingerprint density at radius 3 is 1.45 bits per heavy atom. The van der Waals surface area contributed by atoms with E-state index >= 15 is 0 Å². The summed E-state index contributed by atoms with van der Waals surface area (Å²) in [6, 6.07) is 12.8. The maximum absolute atomic E-state index is 14.8. The fourth-order valence-corrected chi connectivity index (χ4v) is 3.59. The van der Waals surface area contributed by atoms with Crippen molar-refractivity contribution in [2.24, 2.45) is 0 Å². The Balaban J connectivity index is 2.08. The molecule has 0 aromatic heterocycles. The normalized spacial score (nSPS) is 13.7. The summed E-state index contributed by atoms with van der Waals surface area (Å²) in [5.74, 6) is -9.18. The molecule has 29 heavy (non-hydrogen) atoms. The van der Waals surface area contributed by atoms with Gasteiger partial charge in [-0.05, 0) is 36.1 Å². The van der Waals surface area contributed by atoms with E-state index in [0.29, 0.717) is 24.0 Å². The minimum Gasteiger partial charge on any atom is -0.305 e. The van der Waals surface area contributed by atoms with Crippen LogP contribution >= 0.6 is 0 Å². The molecule has 1 aliphatic heterocycles. The van der Waals surface area contributed by atoms with Crippen LogP contribution in [0.2, 0.25) is 0 Å². The monoisotopic (exact) mass is 411 g/mol. The second kappa shape index (κ2) is 6.79. The lowest BCUT2D eigenvalue weighted by Crippen LogP contribution is -2.21. The maximum Gasteiger partial charge on any atom is 0.422 e. The molecule has 0 unspecified atom stereocenters. The van der Waals surface area contributed by atoms with Crippen molar-refractivity contribution in [2.75, 3.05) is 4.90 Å². The van der Waals surface area contributed by atoms with Crippen LogP contribution in [-0.2, 0) is 19.0 Å². The Bertz CT molecular complexity index is 1030. The summed E-state index contributed by atoms with van der Waals surface area (Å²) in [4.78, 5) is 0.939. The summed E-state index contributed by atoms with van der Waals surface area (Å²) in [7, 11) is 0. The van der Waals surface area contributed by atoms with E-state index < -0.39 is 40.7 Å². The third kappa shape index (κ3) is 3.03. The lowest BCUT2D eigenvalue weighted by molar-refractivity contribution is -0.143. The van der Waals surface area contributed by atoms with E-state index in [1.807, 2.05) is 0 Å². The quantitative estimate of drug-likeness (QED) is 0.313. The lowest BCUT2D eigenvalue weighted by Gasteiger charge is -2.28. The number of fused-ring (bicyclic) bond motifs is 2. The fraction of sp³-hybridized carbons (Fsp3) is 0.143. The van der Waals surface area contributed by atoms with Crippen molar-refractivity contribution < 1.29 is 30.7 Å². The highest BCUT2D eigenvalue weighted by molar-refractivity contribution is 5.82. The van der Waals surface area contributed by atoms with E-state index in [1.54, 1.807) is 36.4 Å². The van der Waals surface area contributed by atoms with Crippen LogP contribution in [-0.4, -0.2) is 0 Å². The number of hydrogen-bond acceptors (Lipinski definition) is 1. The molecule has 150 valence electrons. The van der Waals surface area contributed by atoms with Gasteiger partial charge in [0.05, 0.1) is 0 Å². The zero-order valence-corrected chi connectivity index (χ0v) is 14.6. The molecule has 0 atom stereocenters. The van der Waals surface area contributed by atoms with Crippen LogP contribution in [0.4, 0.5) is 47.8 Å². The molecule has 3 aromatic rings. The number of rotatable bonds is 1. The first-order valence-corrected chi connectivity index (χ1v) is 8.61. The van der Waals surface area contributed by atoms with Gasteiger partial charge >= 0.3 is 6.18 Å². The van der Waals surface area contributed by atoms with Gasteiger partial charge in [0.1, 0.15) is 11.3 Å². The summed E-state index contributed by atoms with van der Waals surface area (Å²) in [5.41, 5.74) is -2.10. The second-order valence-corrected chi connectivity index (χ2v) is 6.57. The molecule has 0 aliphatic carbocycles. The minimum absolute atomic E-state index is 0.230. The van der Waals surface area contributed by atoms with Crippen molar-refractivity contribution in [3.05, 3.63) is 88.5 Å². The first kappa shape index (κ1) is 19.3. The van der Waals surface area contributed by atoms with Crippen LogP contribution in [0.15, 0.2) is 48.5 Å². The van der Waals surface area contributed by atoms with Gasteiger partial charge in [-0.15, -0.1) is 0 Å². The number of aryl methyl sites for hydroxylation is 2. The van der Waals surface area contributed by atoms with Gasteiger partial charge in [-0.3, -0.25) is 0 Å². The number of anilines is 3. The van der Waals surface area contributed by atoms with Crippen LogP contribution in [0, 0.1) is 23.3 Å². The van der Waals surface area contributed by atoms with Crippen molar-refractivity contribution in [3.8, 4) is 0 Å². The standard InChI is InChI=1S/C21H12F7N/c22-16-15(21(26,27)28)17(23)19(25)20(18(16)24)29-13-7-3-1-5-11(13)9-10-12-6-2-4-8-14(12)29/h1-8H,9-10H2. The molecule has 4 rings (SSSR count). The molecule has 0 fully saturated rings. The van der Waals surface area contributed by atoms with Crippen LogP contribution in [0.3, 0.4) is 0 Å². The molecule has 1 nitrogen and oxygen atoms in total. The highest BCUT2D eigenvalue weighted by Crippen LogP contribution is 2.46.